The van der Waals surface area contributed by atoms with Crippen molar-refractivity contribution in [3.8, 4) is 0 Å². The van der Waals surface area contributed by atoms with Gasteiger partial charge in [-0.1, -0.05) is 12.1 Å². The Hall–Kier alpha value is -3.92. The van der Waals surface area contributed by atoms with Crippen molar-refractivity contribution in [3.63, 3.8) is 0 Å². The summed E-state index contributed by atoms with van der Waals surface area (Å²) in [5.74, 6) is 1.32. The van der Waals surface area contributed by atoms with Crippen LogP contribution in [0.2, 0.25) is 0 Å². The number of hydrogen-bond acceptors (Lipinski definition) is 7. The highest BCUT2D eigenvalue weighted by Crippen LogP contribution is 2.32. The number of hydrogen-bond donors (Lipinski definition) is 3. The van der Waals surface area contributed by atoms with E-state index in [-0.39, 0.29) is 12.6 Å². The lowest BCUT2D eigenvalue weighted by molar-refractivity contribution is 0.164. The maximum atomic E-state index is 12.2. The minimum absolute atomic E-state index is 0.166. The van der Waals surface area contributed by atoms with Crippen LogP contribution < -0.4 is 15.5 Å². The number of pyridine rings is 1. The van der Waals surface area contributed by atoms with Crippen molar-refractivity contribution in [2.24, 2.45) is 0 Å². The van der Waals surface area contributed by atoms with E-state index < -0.39 is 0 Å². The molecule has 2 aromatic heterocycles. The topological polar surface area (TPSA) is 94.9 Å². The van der Waals surface area contributed by atoms with Crippen molar-refractivity contribution in [1.82, 2.24) is 19.8 Å². The molecule has 1 aliphatic rings. The van der Waals surface area contributed by atoms with Crippen LogP contribution in [0.4, 0.5) is 27.7 Å². The first-order valence-corrected chi connectivity index (χ1v) is 13.9. The van der Waals surface area contributed by atoms with E-state index in [0.717, 1.165) is 66.3 Å². The third kappa shape index (κ3) is 6.28. The van der Waals surface area contributed by atoms with Crippen molar-refractivity contribution in [3.05, 3.63) is 78.6 Å². The van der Waals surface area contributed by atoms with E-state index >= 15 is 0 Å². The number of nitrogens with one attached hydrogen (secondary N) is 2. The molecular formula is C31H38N6O3. The molecule has 1 aliphatic heterocycles. The van der Waals surface area contributed by atoms with Crippen LogP contribution in [0.5, 0.6) is 0 Å². The van der Waals surface area contributed by atoms with Gasteiger partial charge in [-0.15, -0.1) is 0 Å². The van der Waals surface area contributed by atoms with Crippen LogP contribution in [0.25, 0.3) is 10.9 Å². The van der Waals surface area contributed by atoms with Crippen molar-refractivity contribution >= 4 is 39.8 Å². The summed E-state index contributed by atoms with van der Waals surface area (Å²) in [4.78, 5) is 21.3. The van der Waals surface area contributed by atoms with Crippen LogP contribution in [0, 0.1) is 0 Å². The van der Waals surface area contributed by atoms with Crippen molar-refractivity contribution in [1.29, 1.82) is 0 Å². The van der Waals surface area contributed by atoms with E-state index in [0.29, 0.717) is 19.1 Å². The van der Waals surface area contributed by atoms with Crippen LogP contribution in [0.3, 0.4) is 0 Å². The molecule has 1 saturated heterocycles. The number of ether oxygens (including phenoxy) is 1. The number of piperidine rings is 1. The molecule has 3 N–H and O–H groups in total. The Morgan fingerprint density at radius 3 is 2.58 bits per heavy atom. The van der Waals surface area contributed by atoms with Gasteiger partial charge in [-0.2, -0.15) is 0 Å². The maximum absolute atomic E-state index is 12.2. The monoisotopic (exact) mass is 542 g/mol. The molecule has 0 saturated carbocycles. The Kier molecular flexibility index (Phi) is 8.95. The zero-order chi connectivity index (χ0) is 27.9. The molecule has 0 unspecified atom stereocenters. The highest BCUT2D eigenvalue weighted by molar-refractivity contribution is 5.93. The number of rotatable bonds is 10. The number of fused-ring (bicyclic) bond motifs is 1. The minimum Gasteiger partial charge on any atom is -0.395 e. The van der Waals surface area contributed by atoms with Crippen LogP contribution in [0.1, 0.15) is 24.3 Å². The number of aliphatic hydroxyl groups excluding tert-OH is 1. The molecule has 9 nitrogen and oxygen atoms in total. The van der Waals surface area contributed by atoms with Gasteiger partial charge in [0.05, 0.1) is 18.7 Å². The normalized spacial score (nSPS) is 14.4. The van der Waals surface area contributed by atoms with Gasteiger partial charge in [0.25, 0.3) is 0 Å². The van der Waals surface area contributed by atoms with Gasteiger partial charge in [0.1, 0.15) is 5.82 Å². The van der Waals surface area contributed by atoms with Gasteiger partial charge in [0, 0.05) is 68.2 Å². The third-order valence-electron chi connectivity index (χ3n) is 7.65. The summed E-state index contributed by atoms with van der Waals surface area (Å²) in [5, 5.41) is 16.3. The van der Waals surface area contributed by atoms with Gasteiger partial charge in [-0.3, -0.25) is 4.57 Å². The number of methoxy groups -OCH3 is 1. The molecule has 0 radical (unpaired) electrons. The molecule has 40 heavy (non-hydrogen) atoms. The number of anilines is 4. The molecule has 0 spiro atoms. The molecule has 1 fully saturated rings. The van der Waals surface area contributed by atoms with Gasteiger partial charge in [0.15, 0.2) is 0 Å². The molecule has 0 bridgehead atoms. The molecule has 4 aromatic rings. The Labute approximate surface area is 235 Å². The second-order valence-corrected chi connectivity index (χ2v) is 10.1. The smallest absolute Gasteiger partial charge is 0.325 e. The number of β-amino-alcohol motifs (C(OH)–C–C–N with tert-alkyl or cyclic N) is 1. The summed E-state index contributed by atoms with van der Waals surface area (Å²) in [5.41, 5.74) is 5.21. The first-order valence-electron chi connectivity index (χ1n) is 13.9. The van der Waals surface area contributed by atoms with Crippen molar-refractivity contribution < 1.29 is 14.6 Å². The minimum atomic E-state index is -0.166. The Bertz CT molecular complexity index is 1410. The largest absolute Gasteiger partial charge is 0.395 e. The fourth-order valence-corrected chi connectivity index (χ4v) is 5.46. The number of benzene rings is 2. The van der Waals surface area contributed by atoms with E-state index in [1.807, 2.05) is 36.5 Å². The summed E-state index contributed by atoms with van der Waals surface area (Å²) in [6.07, 6.45) is 5.84. The summed E-state index contributed by atoms with van der Waals surface area (Å²) < 4.78 is 7.02. The number of carbonyl (C=O) groups is 1. The number of amides is 1. The molecule has 0 aliphatic carbocycles. The zero-order valence-electron chi connectivity index (χ0n) is 23.2. The third-order valence-corrected chi connectivity index (χ3v) is 7.65. The molecule has 1 amide bonds. The highest BCUT2D eigenvalue weighted by Gasteiger charge is 2.20. The fraction of sp³-hybridized carbons (Fsp3) is 0.355. The van der Waals surface area contributed by atoms with Gasteiger partial charge in [-0.05, 0) is 79.9 Å². The predicted octanol–water partition coefficient (Wildman–Crippen LogP) is 4.92. The lowest BCUT2D eigenvalue weighted by atomic mass is 9.89. The van der Waals surface area contributed by atoms with E-state index in [4.69, 9.17) is 4.74 Å². The lowest BCUT2D eigenvalue weighted by Crippen LogP contribution is -2.34. The number of aromatic nitrogens is 2. The predicted molar refractivity (Wildman–Crippen MR) is 160 cm³/mol. The van der Waals surface area contributed by atoms with Gasteiger partial charge >= 0.3 is 6.03 Å². The number of aliphatic hydroxyl groups is 1. The van der Waals surface area contributed by atoms with Crippen LogP contribution in [0.15, 0.2) is 73.1 Å². The molecule has 9 heteroatoms. The molecule has 3 heterocycles. The van der Waals surface area contributed by atoms with Crippen LogP contribution >= 0.6 is 0 Å². The van der Waals surface area contributed by atoms with Gasteiger partial charge < -0.3 is 30.3 Å². The average molecular weight is 543 g/mol. The Balaban J connectivity index is 1.31. The van der Waals surface area contributed by atoms with Crippen LogP contribution in [-0.4, -0.2) is 79.1 Å². The van der Waals surface area contributed by atoms with Crippen molar-refractivity contribution in [2.45, 2.75) is 18.8 Å². The quantitative estimate of drug-likeness (QED) is 0.262. The number of nitrogens with zero attached hydrogens (tertiary/aromatic N) is 4. The number of likely N-dealkylation sites (tertiary alicyclic amines) is 1. The standard InChI is InChI=1S/C31H38N6O3/c1-32-31(39)37-16-12-25-21-27(7-8-29(25)37)36(18-20-40-2)28-9-13-33-30(22-28)34-26-5-3-23(4-6-26)24-10-14-35(15-11-24)17-19-38/h3-9,12-13,16,21-22,24,38H,10-11,14-15,17-20H2,1-2H3,(H,32,39)(H,33,34). The molecule has 5 rings (SSSR count). The fourth-order valence-electron chi connectivity index (χ4n) is 5.46. The first kappa shape index (κ1) is 27.6. The molecule has 210 valence electrons. The Morgan fingerprint density at radius 1 is 1.07 bits per heavy atom. The van der Waals surface area contributed by atoms with E-state index in [2.05, 4.69) is 55.7 Å². The lowest BCUT2D eigenvalue weighted by Gasteiger charge is -2.31. The van der Waals surface area contributed by atoms with E-state index in [1.165, 1.54) is 5.56 Å². The first-order chi connectivity index (χ1) is 19.6. The average Bonchev–Trinajstić information content (AvgIpc) is 3.42. The Morgan fingerprint density at radius 2 is 1.85 bits per heavy atom. The van der Waals surface area contributed by atoms with Crippen molar-refractivity contribution in [2.75, 3.05) is 63.8 Å². The molecular weight excluding hydrogens is 504 g/mol. The highest BCUT2D eigenvalue weighted by atomic mass is 16.5. The molecule has 0 atom stereocenters. The van der Waals surface area contributed by atoms with Gasteiger partial charge in [-0.25, -0.2) is 9.78 Å². The zero-order valence-corrected chi connectivity index (χ0v) is 23.2. The molecule has 2 aromatic carbocycles. The van der Waals surface area contributed by atoms with Gasteiger partial charge in [0.2, 0.25) is 0 Å². The van der Waals surface area contributed by atoms with E-state index in [9.17, 15) is 9.90 Å². The van der Waals surface area contributed by atoms with Crippen LogP contribution in [-0.2, 0) is 4.74 Å². The summed E-state index contributed by atoms with van der Waals surface area (Å²) >= 11 is 0. The number of carbonyl (C=O) groups excluding carboxylic acids is 1. The SMILES string of the molecule is CNC(=O)n1ccc2cc(N(CCOC)c3ccnc(Nc4ccc(C5CCN(CCO)CC5)cc4)c3)ccc21. The second kappa shape index (κ2) is 13.0. The summed E-state index contributed by atoms with van der Waals surface area (Å²) in [7, 11) is 3.33. The second-order valence-electron chi connectivity index (χ2n) is 10.1. The maximum Gasteiger partial charge on any atom is 0.325 e. The summed E-state index contributed by atoms with van der Waals surface area (Å²) in [6.45, 7) is 4.29. The van der Waals surface area contributed by atoms with E-state index in [1.54, 1.807) is 24.9 Å². The summed E-state index contributed by atoms with van der Waals surface area (Å²) in [6, 6.07) is 20.6.